The van der Waals surface area contributed by atoms with Crippen LogP contribution in [0, 0.1) is 6.92 Å². The summed E-state index contributed by atoms with van der Waals surface area (Å²) in [5, 5.41) is 2.42. The van der Waals surface area contributed by atoms with Gasteiger partial charge in [0.25, 0.3) is 5.82 Å². The van der Waals surface area contributed by atoms with Crippen LogP contribution in [0.5, 0.6) is 0 Å². The van der Waals surface area contributed by atoms with Crippen molar-refractivity contribution in [2.75, 3.05) is 4.81 Å². The first-order chi connectivity index (χ1) is 11.1. The maximum Gasteiger partial charge on any atom is 0.402 e. The Morgan fingerprint density at radius 2 is 1.91 bits per heavy atom. The SMILES string of the molecule is CB1C=c2c(oc3ccccc23)=C(C)N1c1cc(C)cc[n+]1C. The summed E-state index contributed by atoms with van der Waals surface area (Å²) in [5.74, 6) is 3.48. The summed E-state index contributed by atoms with van der Waals surface area (Å²) < 4.78 is 8.31. The first-order valence-corrected chi connectivity index (χ1v) is 8.02. The zero-order valence-electron chi connectivity index (χ0n) is 14.0. The molecule has 4 heteroatoms. The summed E-state index contributed by atoms with van der Waals surface area (Å²) >= 11 is 0. The molecule has 0 saturated carbocycles. The summed E-state index contributed by atoms with van der Waals surface area (Å²) in [5.41, 5.74) is 4.35. The Bertz CT molecular complexity index is 1040. The van der Waals surface area contributed by atoms with E-state index in [1.165, 1.54) is 22.0 Å². The van der Waals surface area contributed by atoms with Gasteiger partial charge in [0.1, 0.15) is 11.3 Å². The lowest BCUT2D eigenvalue weighted by atomic mass is 9.60. The zero-order valence-corrected chi connectivity index (χ0v) is 14.0. The van der Waals surface area contributed by atoms with Crippen molar-refractivity contribution in [3.8, 4) is 0 Å². The number of hydrogen-bond donors (Lipinski definition) is 0. The predicted molar refractivity (Wildman–Crippen MR) is 95.5 cm³/mol. The number of rotatable bonds is 1. The number of aromatic nitrogens is 1. The van der Waals surface area contributed by atoms with E-state index >= 15 is 0 Å². The lowest BCUT2D eigenvalue weighted by molar-refractivity contribution is -0.658. The molecule has 1 aromatic carbocycles. The number of fused-ring (bicyclic) bond motifs is 3. The zero-order chi connectivity index (χ0) is 16.1. The van der Waals surface area contributed by atoms with E-state index in [0.29, 0.717) is 0 Å². The Hall–Kier alpha value is -2.49. The second-order valence-electron chi connectivity index (χ2n) is 6.38. The molecule has 0 N–H and O–H groups in total. The average Bonchev–Trinajstić information content (AvgIpc) is 2.90. The third kappa shape index (κ3) is 2.09. The molecule has 0 bridgehead atoms. The van der Waals surface area contributed by atoms with Crippen molar-refractivity contribution in [1.29, 1.82) is 0 Å². The van der Waals surface area contributed by atoms with Crippen LogP contribution >= 0.6 is 0 Å². The van der Waals surface area contributed by atoms with Crippen LogP contribution in [0.1, 0.15) is 12.5 Å². The Morgan fingerprint density at radius 1 is 1.13 bits per heavy atom. The monoisotopic (exact) mass is 303 g/mol. The van der Waals surface area contributed by atoms with E-state index in [9.17, 15) is 0 Å². The molecule has 1 aliphatic rings. The molecule has 23 heavy (non-hydrogen) atoms. The van der Waals surface area contributed by atoms with E-state index in [1.807, 2.05) is 12.1 Å². The molecule has 0 radical (unpaired) electrons. The Kier molecular flexibility index (Phi) is 3.08. The van der Waals surface area contributed by atoms with Gasteiger partial charge in [-0.2, -0.15) is 0 Å². The summed E-state index contributed by atoms with van der Waals surface area (Å²) in [6.07, 6.45) is 2.11. The van der Waals surface area contributed by atoms with Crippen molar-refractivity contribution in [2.24, 2.45) is 7.05 Å². The third-order valence-corrected chi connectivity index (χ3v) is 4.66. The second kappa shape index (κ2) is 5.02. The van der Waals surface area contributed by atoms with Gasteiger partial charge in [-0.3, -0.25) is 4.81 Å². The molecule has 0 amide bonds. The van der Waals surface area contributed by atoms with Gasteiger partial charge in [-0.25, -0.2) is 4.57 Å². The van der Waals surface area contributed by atoms with Crippen LogP contribution in [-0.4, -0.2) is 6.85 Å². The number of furan rings is 1. The minimum absolute atomic E-state index is 0.275. The van der Waals surface area contributed by atoms with Crippen molar-refractivity contribution in [3.05, 3.63) is 58.8 Å². The van der Waals surface area contributed by atoms with E-state index in [2.05, 4.69) is 73.5 Å². The molecular formula is C19H20BN2O+. The third-order valence-electron chi connectivity index (χ3n) is 4.66. The van der Waals surface area contributed by atoms with Gasteiger partial charge in [0.2, 0.25) is 0 Å². The van der Waals surface area contributed by atoms with E-state index < -0.39 is 0 Å². The highest BCUT2D eigenvalue weighted by Gasteiger charge is 2.33. The fourth-order valence-electron chi connectivity index (χ4n) is 3.51. The average molecular weight is 303 g/mol. The highest BCUT2D eigenvalue weighted by Crippen LogP contribution is 2.21. The van der Waals surface area contributed by atoms with Gasteiger partial charge in [0.15, 0.2) is 5.42 Å². The molecule has 4 rings (SSSR count). The maximum atomic E-state index is 6.15. The number of nitrogens with zero attached hydrogens (tertiary/aromatic N) is 2. The summed E-state index contributed by atoms with van der Waals surface area (Å²) in [4.78, 5) is 2.34. The molecule has 1 aliphatic heterocycles. The predicted octanol–water partition coefficient (Wildman–Crippen LogP) is 2.16. The van der Waals surface area contributed by atoms with Crippen LogP contribution in [0.2, 0.25) is 6.82 Å². The molecule has 0 unspecified atom stereocenters. The molecule has 0 atom stereocenters. The molecule has 0 aliphatic carbocycles. The molecule has 3 aromatic rings. The Labute approximate surface area is 136 Å². The van der Waals surface area contributed by atoms with Gasteiger partial charge in [-0.05, 0) is 38.4 Å². The van der Waals surface area contributed by atoms with Gasteiger partial charge >= 0.3 is 6.85 Å². The van der Waals surface area contributed by atoms with E-state index in [0.717, 1.165) is 16.7 Å². The van der Waals surface area contributed by atoms with Crippen molar-refractivity contribution in [3.63, 3.8) is 0 Å². The van der Waals surface area contributed by atoms with Gasteiger partial charge in [0, 0.05) is 16.7 Å². The van der Waals surface area contributed by atoms with Crippen LogP contribution in [-0.2, 0) is 7.05 Å². The quantitative estimate of drug-likeness (QED) is 0.507. The number of hydrogen-bond acceptors (Lipinski definition) is 2. The fourth-order valence-corrected chi connectivity index (χ4v) is 3.51. The van der Waals surface area contributed by atoms with Crippen LogP contribution in [0.15, 0.2) is 47.0 Å². The second-order valence-corrected chi connectivity index (χ2v) is 6.38. The van der Waals surface area contributed by atoms with E-state index in [1.54, 1.807) is 0 Å². The Balaban J connectivity index is 2.03. The molecule has 0 saturated heterocycles. The van der Waals surface area contributed by atoms with Crippen LogP contribution in [0.3, 0.4) is 0 Å². The van der Waals surface area contributed by atoms with Crippen LogP contribution < -0.4 is 20.0 Å². The largest absolute Gasteiger partial charge is 0.452 e. The minimum Gasteiger partial charge on any atom is -0.452 e. The highest BCUT2D eigenvalue weighted by molar-refractivity contribution is 6.77. The lowest BCUT2D eigenvalue weighted by Gasteiger charge is -2.23. The first-order valence-electron chi connectivity index (χ1n) is 8.02. The lowest BCUT2D eigenvalue weighted by Crippen LogP contribution is -2.50. The number of pyridine rings is 1. The van der Waals surface area contributed by atoms with Crippen molar-refractivity contribution >= 4 is 35.3 Å². The number of aryl methyl sites for hydroxylation is 2. The number of anilines is 1. The fraction of sp³-hybridized carbons (Fsp3) is 0.211. The highest BCUT2D eigenvalue weighted by atomic mass is 16.3. The molecular weight excluding hydrogens is 283 g/mol. The van der Waals surface area contributed by atoms with E-state index in [-0.39, 0.29) is 6.85 Å². The van der Waals surface area contributed by atoms with Crippen molar-refractivity contribution in [2.45, 2.75) is 20.7 Å². The van der Waals surface area contributed by atoms with Gasteiger partial charge in [0.05, 0.1) is 13.2 Å². The van der Waals surface area contributed by atoms with Gasteiger partial charge < -0.3 is 4.42 Å². The van der Waals surface area contributed by atoms with Crippen molar-refractivity contribution < 1.29 is 8.98 Å². The van der Waals surface area contributed by atoms with E-state index in [4.69, 9.17) is 4.42 Å². The molecule has 3 heterocycles. The molecule has 114 valence electrons. The normalized spacial score (nSPS) is 14.2. The maximum absolute atomic E-state index is 6.15. The smallest absolute Gasteiger partial charge is 0.402 e. The van der Waals surface area contributed by atoms with Crippen LogP contribution in [0.25, 0.3) is 22.6 Å². The summed E-state index contributed by atoms with van der Waals surface area (Å²) in [7, 11) is 2.09. The standard InChI is InChI=1S/C19H20BN2O/c1-13-9-10-21(4)18(11-13)22-14(2)19-16(12-20(22)3)15-7-5-6-8-17(15)23-19/h5-12H,1-4H3/q+1. The molecule has 2 aromatic heterocycles. The summed E-state index contributed by atoms with van der Waals surface area (Å²) in [6, 6.07) is 12.6. The van der Waals surface area contributed by atoms with Crippen LogP contribution in [0.4, 0.5) is 5.82 Å². The molecule has 0 spiro atoms. The molecule has 0 fully saturated rings. The first kappa shape index (κ1) is 14.1. The summed E-state index contributed by atoms with van der Waals surface area (Å²) in [6.45, 7) is 6.78. The van der Waals surface area contributed by atoms with Crippen molar-refractivity contribution in [1.82, 2.24) is 0 Å². The number of para-hydroxylation sites is 1. The van der Waals surface area contributed by atoms with Gasteiger partial charge in [-0.15, -0.1) is 0 Å². The number of benzene rings is 1. The Morgan fingerprint density at radius 3 is 2.74 bits per heavy atom. The topological polar surface area (TPSA) is 20.3 Å². The molecule has 3 nitrogen and oxygen atoms in total. The van der Waals surface area contributed by atoms with Gasteiger partial charge in [-0.1, -0.05) is 24.2 Å². The minimum atomic E-state index is 0.275.